The molecule has 146 valence electrons. The molecule has 0 bridgehead atoms. The molecule has 0 fully saturated rings. The molecule has 27 heavy (non-hydrogen) atoms. The Hall–Kier alpha value is -2.83. The molecule has 1 heterocycles. The van der Waals surface area contributed by atoms with Crippen LogP contribution in [0.2, 0.25) is 0 Å². The van der Waals surface area contributed by atoms with E-state index < -0.39 is 29.6 Å². The van der Waals surface area contributed by atoms with E-state index in [-0.39, 0.29) is 6.42 Å². The second kappa shape index (κ2) is 8.24. The molecule has 0 radical (unpaired) electrons. The molecule has 0 saturated carbocycles. The van der Waals surface area contributed by atoms with Gasteiger partial charge in [0.1, 0.15) is 11.3 Å². The summed E-state index contributed by atoms with van der Waals surface area (Å²) in [7, 11) is 0. The van der Waals surface area contributed by atoms with Gasteiger partial charge in [0.05, 0.1) is 12.0 Å². The van der Waals surface area contributed by atoms with Crippen LogP contribution in [0.15, 0.2) is 21.3 Å². The minimum Gasteiger partial charge on any atom is -0.548 e. The van der Waals surface area contributed by atoms with Crippen molar-refractivity contribution in [2.45, 2.75) is 59.6 Å². The van der Waals surface area contributed by atoms with Crippen LogP contribution in [0.4, 0.5) is 0 Å². The van der Waals surface area contributed by atoms with Crippen molar-refractivity contribution in [3.63, 3.8) is 0 Å². The Morgan fingerprint density at radius 2 is 1.85 bits per heavy atom. The molecule has 0 aliphatic carbocycles. The van der Waals surface area contributed by atoms with E-state index in [0.717, 1.165) is 10.9 Å². The summed E-state index contributed by atoms with van der Waals surface area (Å²) < 4.78 is 11.1. The lowest BCUT2D eigenvalue weighted by Gasteiger charge is -2.22. The van der Waals surface area contributed by atoms with Crippen LogP contribution in [0.25, 0.3) is 11.0 Å². The summed E-state index contributed by atoms with van der Waals surface area (Å²) in [6.07, 6.45) is -0.0619. The minimum absolute atomic E-state index is 0.277. The van der Waals surface area contributed by atoms with Gasteiger partial charge in [-0.2, -0.15) is 0 Å². The van der Waals surface area contributed by atoms with Gasteiger partial charge in [0.15, 0.2) is 6.10 Å². The van der Waals surface area contributed by atoms with Gasteiger partial charge in [0.25, 0.3) is 5.91 Å². The molecule has 0 unspecified atom stereocenters. The van der Waals surface area contributed by atoms with E-state index >= 15 is 0 Å². The first-order chi connectivity index (χ1) is 12.7. The molecular weight excluding hydrogens is 350 g/mol. The highest BCUT2D eigenvalue weighted by Gasteiger charge is 2.21. The number of hydrogen-bond donors (Lipinski definition) is 1. The highest BCUT2D eigenvalue weighted by molar-refractivity contribution is 5.87. The second-order valence-electron chi connectivity index (χ2n) is 6.63. The largest absolute Gasteiger partial charge is 0.548 e. The molecule has 7 heteroatoms. The Morgan fingerprint density at radius 1 is 1.19 bits per heavy atom. The van der Waals surface area contributed by atoms with Crippen LogP contribution >= 0.6 is 0 Å². The Morgan fingerprint density at radius 3 is 2.44 bits per heavy atom. The third kappa shape index (κ3) is 4.30. The van der Waals surface area contributed by atoms with Gasteiger partial charge < -0.3 is 24.4 Å². The molecule has 2 aromatic rings. The second-order valence-corrected chi connectivity index (χ2v) is 6.63. The number of aliphatic carboxylic acids is 1. The quantitative estimate of drug-likeness (QED) is 0.736. The van der Waals surface area contributed by atoms with Crippen molar-refractivity contribution in [3.05, 3.63) is 39.2 Å². The molecule has 0 aliphatic heterocycles. The van der Waals surface area contributed by atoms with Gasteiger partial charge in [-0.3, -0.25) is 4.79 Å². The molecule has 1 aromatic carbocycles. The van der Waals surface area contributed by atoms with E-state index in [4.69, 9.17) is 9.15 Å². The van der Waals surface area contributed by atoms with Gasteiger partial charge in [-0.25, -0.2) is 4.79 Å². The molecule has 1 N–H and O–H groups in total. The first-order valence-electron chi connectivity index (χ1n) is 8.88. The molecule has 7 nitrogen and oxygen atoms in total. The number of aryl methyl sites for hydroxylation is 2. The number of carbonyl (C=O) groups is 2. The number of rotatable bonds is 7. The third-order valence-corrected chi connectivity index (χ3v) is 4.67. The van der Waals surface area contributed by atoms with E-state index in [1.54, 1.807) is 26.0 Å². The van der Waals surface area contributed by atoms with Gasteiger partial charge in [-0.1, -0.05) is 13.3 Å². The summed E-state index contributed by atoms with van der Waals surface area (Å²) in [6, 6.07) is 2.42. The van der Waals surface area contributed by atoms with E-state index in [2.05, 4.69) is 5.32 Å². The van der Waals surface area contributed by atoms with Crippen LogP contribution in [-0.2, 0) is 9.59 Å². The molecule has 0 aliphatic rings. The third-order valence-electron chi connectivity index (χ3n) is 4.67. The molecule has 0 spiro atoms. The minimum atomic E-state index is -1.33. The van der Waals surface area contributed by atoms with E-state index in [9.17, 15) is 19.5 Å². The molecule has 2 rings (SSSR count). The normalized spacial score (nSPS) is 13.2. The molecule has 0 saturated heterocycles. The number of benzene rings is 1. The number of ether oxygens (including phenoxy) is 1. The van der Waals surface area contributed by atoms with Crippen molar-refractivity contribution in [2.75, 3.05) is 0 Å². The number of carboxylic acids is 1. The predicted octanol–water partition coefficient (Wildman–Crippen LogP) is 1.52. The maximum absolute atomic E-state index is 12.3. The number of fused-ring (bicyclic) bond motifs is 1. The van der Waals surface area contributed by atoms with Crippen LogP contribution in [0.3, 0.4) is 0 Å². The molecule has 1 aromatic heterocycles. The van der Waals surface area contributed by atoms with Crippen molar-refractivity contribution in [2.24, 2.45) is 0 Å². The Balaban J connectivity index is 2.26. The highest BCUT2D eigenvalue weighted by atomic mass is 16.5. The number of carboxylic acid groups (broad SMARTS) is 1. The first-order valence-corrected chi connectivity index (χ1v) is 8.88. The molecule has 2 atom stereocenters. The van der Waals surface area contributed by atoms with Crippen LogP contribution in [0.1, 0.15) is 43.4 Å². The number of nitrogens with one attached hydrogen (secondary N) is 1. The average Bonchev–Trinajstić information content (AvgIpc) is 2.62. The van der Waals surface area contributed by atoms with Crippen molar-refractivity contribution in [3.8, 4) is 5.75 Å². The number of carbonyl (C=O) groups excluding carboxylic acids is 2. The van der Waals surface area contributed by atoms with Crippen molar-refractivity contribution in [1.82, 2.24) is 5.32 Å². The summed E-state index contributed by atoms with van der Waals surface area (Å²) in [5, 5.41) is 14.3. The summed E-state index contributed by atoms with van der Waals surface area (Å²) in [5.74, 6) is -1.50. The van der Waals surface area contributed by atoms with Crippen LogP contribution in [0, 0.1) is 20.8 Å². The molecule has 1 amide bonds. The summed E-state index contributed by atoms with van der Waals surface area (Å²) in [5.41, 5.74) is 1.97. The van der Waals surface area contributed by atoms with Crippen molar-refractivity contribution < 1.29 is 23.8 Å². The van der Waals surface area contributed by atoms with Crippen molar-refractivity contribution >= 4 is 22.8 Å². The maximum Gasteiger partial charge on any atom is 0.339 e. The van der Waals surface area contributed by atoms with E-state index in [1.807, 2.05) is 13.8 Å². The lowest BCUT2D eigenvalue weighted by Crippen LogP contribution is -2.51. The Bertz CT molecular complexity index is 930. The zero-order chi connectivity index (χ0) is 20.3. The predicted molar refractivity (Wildman–Crippen MR) is 98.6 cm³/mol. The van der Waals surface area contributed by atoms with Gasteiger partial charge in [-0.15, -0.1) is 0 Å². The van der Waals surface area contributed by atoms with Gasteiger partial charge >= 0.3 is 5.63 Å². The Kier molecular flexibility index (Phi) is 6.25. The maximum atomic E-state index is 12.3. The summed E-state index contributed by atoms with van der Waals surface area (Å²) in [4.78, 5) is 35.3. The first kappa shape index (κ1) is 20.5. The zero-order valence-corrected chi connectivity index (χ0v) is 16.2. The fourth-order valence-electron chi connectivity index (χ4n) is 2.82. The molecular formula is C20H24NO6-. The van der Waals surface area contributed by atoms with Crippen LogP contribution in [0.5, 0.6) is 5.75 Å². The smallest absolute Gasteiger partial charge is 0.339 e. The standard InChI is InChI=1S/C20H25NO6/c1-6-7-15(19(23)24)21-18(22)13(5)26-16-9-8-14-10(2)11(3)20(25)27-17(14)12(16)4/h8-9,13,15H,6-7H2,1-5H3,(H,21,22)(H,23,24)/p-1/t13-,15+/m0/s1. The van der Waals surface area contributed by atoms with E-state index in [1.165, 1.54) is 6.92 Å². The number of hydrogen-bond acceptors (Lipinski definition) is 6. The van der Waals surface area contributed by atoms with Crippen LogP contribution < -0.4 is 20.8 Å². The van der Waals surface area contributed by atoms with E-state index in [0.29, 0.717) is 28.9 Å². The number of amides is 1. The lowest BCUT2D eigenvalue weighted by molar-refractivity contribution is -0.308. The van der Waals surface area contributed by atoms with Gasteiger partial charge in [0.2, 0.25) is 0 Å². The Labute approximate surface area is 157 Å². The monoisotopic (exact) mass is 374 g/mol. The summed E-state index contributed by atoms with van der Waals surface area (Å²) in [6.45, 7) is 8.63. The fourth-order valence-corrected chi connectivity index (χ4v) is 2.82. The van der Waals surface area contributed by atoms with Crippen molar-refractivity contribution in [1.29, 1.82) is 0 Å². The topological polar surface area (TPSA) is 109 Å². The lowest BCUT2D eigenvalue weighted by atomic mass is 10.0. The van der Waals surface area contributed by atoms with Gasteiger partial charge in [-0.05, 0) is 51.8 Å². The SMILES string of the molecule is CCC[C@@H](NC(=O)[C@H](C)Oc1ccc2c(C)c(C)c(=O)oc2c1C)C(=O)[O-]. The van der Waals surface area contributed by atoms with Crippen LogP contribution in [-0.4, -0.2) is 24.0 Å². The average molecular weight is 374 g/mol. The fraction of sp³-hybridized carbons (Fsp3) is 0.450. The van der Waals surface area contributed by atoms with Gasteiger partial charge in [0, 0.05) is 16.5 Å². The zero-order valence-electron chi connectivity index (χ0n) is 16.2. The highest BCUT2D eigenvalue weighted by Crippen LogP contribution is 2.29. The summed E-state index contributed by atoms with van der Waals surface area (Å²) >= 11 is 0.